The fraction of sp³-hybridized carbons (Fsp3) is 0.562. The third kappa shape index (κ3) is 4.06. The van der Waals surface area contributed by atoms with E-state index in [1.165, 1.54) is 12.8 Å². The van der Waals surface area contributed by atoms with E-state index in [1.54, 1.807) is 0 Å². The van der Waals surface area contributed by atoms with Gasteiger partial charge in [-0.3, -0.25) is 4.79 Å². The van der Waals surface area contributed by atoms with Gasteiger partial charge in [-0.25, -0.2) is 0 Å². The second-order valence-electron chi connectivity index (χ2n) is 5.57. The molecule has 0 aromatic heterocycles. The van der Waals surface area contributed by atoms with Crippen LogP contribution in [0.4, 0.5) is 0 Å². The molecule has 0 saturated carbocycles. The van der Waals surface area contributed by atoms with Crippen molar-refractivity contribution in [1.82, 2.24) is 10.2 Å². The van der Waals surface area contributed by atoms with Gasteiger partial charge in [-0.15, -0.1) is 0 Å². The predicted molar refractivity (Wildman–Crippen MR) is 86.1 cm³/mol. The summed E-state index contributed by atoms with van der Waals surface area (Å²) in [4.78, 5) is 14.6. The molecule has 2 rings (SSSR count). The van der Waals surface area contributed by atoms with Crippen molar-refractivity contribution in [1.29, 1.82) is 0 Å². The maximum absolute atomic E-state index is 12.6. The van der Waals surface area contributed by atoms with Crippen LogP contribution in [0.15, 0.2) is 22.7 Å². The minimum absolute atomic E-state index is 0.141. The van der Waals surface area contributed by atoms with Crippen molar-refractivity contribution in [3.05, 3.63) is 33.8 Å². The summed E-state index contributed by atoms with van der Waals surface area (Å²) in [5.41, 5.74) is 1.89. The van der Waals surface area contributed by atoms with Gasteiger partial charge in [0.25, 0.3) is 5.91 Å². The van der Waals surface area contributed by atoms with E-state index in [0.29, 0.717) is 5.92 Å². The van der Waals surface area contributed by atoms with Crippen LogP contribution in [0.1, 0.15) is 35.7 Å². The number of rotatable bonds is 4. The third-order valence-electron chi connectivity index (χ3n) is 3.84. The smallest absolute Gasteiger partial charge is 0.253 e. The highest BCUT2D eigenvalue weighted by Gasteiger charge is 2.21. The number of aryl methyl sites for hydroxylation is 1. The quantitative estimate of drug-likeness (QED) is 0.914. The molecule has 1 unspecified atom stereocenters. The summed E-state index contributed by atoms with van der Waals surface area (Å²) >= 11 is 3.47. The third-order valence-corrected chi connectivity index (χ3v) is 4.29. The largest absolute Gasteiger partial charge is 0.339 e. The number of nitrogens with one attached hydrogen (secondary N) is 1. The molecular weight excluding hydrogens is 316 g/mol. The van der Waals surface area contributed by atoms with Crippen molar-refractivity contribution in [3.63, 3.8) is 0 Å². The van der Waals surface area contributed by atoms with Crippen LogP contribution in [-0.4, -0.2) is 37.0 Å². The fourth-order valence-corrected chi connectivity index (χ4v) is 3.40. The van der Waals surface area contributed by atoms with Crippen molar-refractivity contribution >= 4 is 21.8 Å². The van der Waals surface area contributed by atoms with E-state index in [0.717, 1.165) is 41.8 Å². The van der Waals surface area contributed by atoms with Crippen LogP contribution < -0.4 is 5.32 Å². The van der Waals surface area contributed by atoms with E-state index in [4.69, 9.17) is 0 Å². The summed E-state index contributed by atoms with van der Waals surface area (Å²) in [6.07, 6.45) is 2.43. The summed E-state index contributed by atoms with van der Waals surface area (Å²) in [5.74, 6) is 0.725. The number of piperidine rings is 1. The first kappa shape index (κ1) is 15.5. The van der Waals surface area contributed by atoms with Crippen LogP contribution in [0.2, 0.25) is 0 Å². The van der Waals surface area contributed by atoms with Gasteiger partial charge in [0.15, 0.2) is 0 Å². The molecule has 1 aromatic carbocycles. The van der Waals surface area contributed by atoms with Gasteiger partial charge in [0, 0.05) is 23.1 Å². The Labute approximate surface area is 129 Å². The molecule has 1 fully saturated rings. The second kappa shape index (κ2) is 7.23. The van der Waals surface area contributed by atoms with Gasteiger partial charge < -0.3 is 10.2 Å². The highest BCUT2D eigenvalue weighted by Crippen LogP contribution is 2.18. The standard InChI is InChI=1S/C16H23BrN2O/c1-3-19(11-13-5-4-6-18-10-13)16(20)14-7-12(2)8-15(17)9-14/h7-9,13,18H,3-6,10-11H2,1-2H3. The second-order valence-corrected chi connectivity index (χ2v) is 6.49. The predicted octanol–water partition coefficient (Wildman–Crippen LogP) is 3.22. The minimum Gasteiger partial charge on any atom is -0.339 e. The van der Waals surface area contributed by atoms with Crippen LogP contribution in [0, 0.1) is 12.8 Å². The number of benzene rings is 1. The van der Waals surface area contributed by atoms with Gasteiger partial charge in [-0.2, -0.15) is 0 Å². The van der Waals surface area contributed by atoms with Crippen molar-refractivity contribution in [2.45, 2.75) is 26.7 Å². The van der Waals surface area contributed by atoms with Gasteiger partial charge in [-0.05, 0) is 69.5 Å². The number of carbonyl (C=O) groups is 1. The zero-order valence-electron chi connectivity index (χ0n) is 12.3. The lowest BCUT2D eigenvalue weighted by atomic mass is 9.98. The Bertz CT molecular complexity index is 449. The summed E-state index contributed by atoms with van der Waals surface area (Å²) < 4.78 is 0.969. The van der Waals surface area contributed by atoms with E-state index in [9.17, 15) is 4.79 Å². The molecule has 1 heterocycles. The monoisotopic (exact) mass is 338 g/mol. The van der Waals surface area contributed by atoms with E-state index in [1.807, 2.05) is 30.0 Å². The van der Waals surface area contributed by atoms with Gasteiger partial charge in [0.1, 0.15) is 0 Å². The minimum atomic E-state index is 0.141. The maximum atomic E-state index is 12.6. The molecule has 0 aliphatic carbocycles. The van der Waals surface area contributed by atoms with Crippen LogP contribution >= 0.6 is 15.9 Å². The Kier molecular flexibility index (Phi) is 5.61. The number of halogens is 1. The Morgan fingerprint density at radius 2 is 2.25 bits per heavy atom. The molecule has 20 heavy (non-hydrogen) atoms. The first-order valence-electron chi connectivity index (χ1n) is 7.37. The first-order chi connectivity index (χ1) is 9.60. The van der Waals surface area contributed by atoms with E-state index in [2.05, 4.69) is 28.2 Å². The Morgan fingerprint density at radius 3 is 2.85 bits per heavy atom. The first-order valence-corrected chi connectivity index (χ1v) is 8.16. The lowest BCUT2D eigenvalue weighted by Gasteiger charge is -2.29. The van der Waals surface area contributed by atoms with Crippen molar-refractivity contribution in [3.8, 4) is 0 Å². The van der Waals surface area contributed by atoms with Crippen molar-refractivity contribution < 1.29 is 4.79 Å². The molecule has 1 saturated heterocycles. The number of nitrogens with zero attached hydrogens (tertiary/aromatic N) is 1. The molecule has 1 amide bonds. The molecule has 3 nitrogen and oxygen atoms in total. The Hall–Kier alpha value is -0.870. The molecule has 0 spiro atoms. The number of hydrogen-bond donors (Lipinski definition) is 1. The fourth-order valence-electron chi connectivity index (χ4n) is 2.79. The summed E-state index contributed by atoms with van der Waals surface area (Å²) in [6, 6.07) is 5.91. The SMILES string of the molecule is CCN(CC1CCCNC1)C(=O)c1cc(C)cc(Br)c1. The lowest BCUT2D eigenvalue weighted by molar-refractivity contribution is 0.0729. The number of hydrogen-bond acceptors (Lipinski definition) is 2. The molecule has 0 bridgehead atoms. The molecule has 1 N–H and O–H groups in total. The summed E-state index contributed by atoms with van der Waals surface area (Å²) in [7, 11) is 0. The normalized spacial score (nSPS) is 18.9. The molecule has 4 heteroatoms. The summed E-state index contributed by atoms with van der Waals surface area (Å²) in [6.45, 7) is 7.83. The average molecular weight is 339 g/mol. The van der Waals surface area contributed by atoms with Crippen LogP contribution in [0.3, 0.4) is 0 Å². The molecule has 1 aliphatic heterocycles. The molecule has 0 radical (unpaired) electrons. The van der Waals surface area contributed by atoms with Crippen LogP contribution in [-0.2, 0) is 0 Å². The zero-order chi connectivity index (χ0) is 14.5. The molecule has 110 valence electrons. The van der Waals surface area contributed by atoms with Crippen molar-refractivity contribution in [2.75, 3.05) is 26.2 Å². The van der Waals surface area contributed by atoms with E-state index < -0.39 is 0 Å². The number of carbonyl (C=O) groups excluding carboxylic acids is 1. The van der Waals surface area contributed by atoms with Gasteiger partial charge in [-0.1, -0.05) is 15.9 Å². The van der Waals surface area contributed by atoms with Crippen LogP contribution in [0.5, 0.6) is 0 Å². The van der Waals surface area contributed by atoms with Crippen LogP contribution in [0.25, 0.3) is 0 Å². The molecule has 1 aliphatic rings. The molecule has 1 atom stereocenters. The van der Waals surface area contributed by atoms with Gasteiger partial charge in [0.2, 0.25) is 0 Å². The zero-order valence-corrected chi connectivity index (χ0v) is 13.9. The average Bonchev–Trinajstić information content (AvgIpc) is 2.44. The van der Waals surface area contributed by atoms with E-state index in [-0.39, 0.29) is 5.91 Å². The highest BCUT2D eigenvalue weighted by molar-refractivity contribution is 9.10. The summed E-state index contributed by atoms with van der Waals surface area (Å²) in [5, 5.41) is 3.42. The number of amides is 1. The topological polar surface area (TPSA) is 32.3 Å². The lowest BCUT2D eigenvalue weighted by Crippen LogP contribution is -2.41. The van der Waals surface area contributed by atoms with Gasteiger partial charge in [0.05, 0.1) is 0 Å². The van der Waals surface area contributed by atoms with E-state index >= 15 is 0 Å². The highest BCUT2D eigenvalue weighted by atomic mass is 79.9. The van der Waals surface area contributed by atoms with Gasteiger partial charge >= 0.3 is 0 Å². The Morgan fingerprint density at radius 1 is 1.45 bits per heavy atom. The molecule has 1 aromatic rings. The molecular formula is C16H23BrN2O. The Balaban J connectivity index is 2.07. The maximum Gasteiger partial charge on any atom is 0.253 e. The van der Waals surface area contributed by atoms with Crippen molar-refractivity contribution in [2.24, 2.45) is 5.92 Å².